The fraction of sp³-hybridized carbons (Fsp3) is 0.312. The van der Waals surface area contributed by atoms with Crippen LogP contribution in [0.15, 0.2) is 40.7 Å². The van der Waals surface area contributed by atoms with Crippen molar-refractivity contribution in [2.75, 3.05) is 23.3 Å². The molecule has 4 heterocycles. The van der Waals surface area contributed by atoms with Gasteiger partial charge in [-0.1, -0.05) is 0 Å². The monoisotopic (exact) mass is 383 g/mol. The van der Waals surface area contributed by atoms with Crippen molar-refractivity contribution in [1.82, 2.24) is 34.7 Å². The third-order valence-corrected chi connectivity index (χ3v) is 4.50. The van der Waals surface area contributed by atoms with Gasteiger partial charge in [0.05, 0.1) is 0 Å². The molecule has 28 heavy (non-hydrogen) atoms. The molecule has 1 aliphatic rings. The molecule has 3 aromatic rings. The minimum Gasteiger partial charge on any atom is -0.356 e. The molecule has 0 unspecified atom stereocenters. The molecule has 12 nitrogen and oxygen atoms in total. The zero-order valence-electron chi connectivity index (χ0n) is 14.7. The van der Waals surface area contributed by atoms with Gasteiger partial charge in [0.2, 0.25) is 5.91 Å². The highest BCUT2D eigenvalue weighted by atomic mass is 16.2. The molecular formula is C16H17N9O3. The van der Waals surface area contributed by atoms with Gasteiger partial charge in [0, 0.05) is 31.1 Å². The van der Waals surface area contributed by atoms with Crippen molar-refractivity contribution in [3.63, 3.8) is 0 Å². The van der Waals surface area contributed by atoms with Gasteiger partial charge >= 0.3 is 5.69 Å². The van der Waals surface area contributed by atoms with Crippen molar-refractivity contribution in [2.24, 2.45) is 5.92 Å². The lowest BCUT2D eigenvalue weighted by Gasteiger charge is -2.32. The number of aromatic nitrogens is 7. The van der Waals surface area contributed by atoms with Crippen LogP contribution in [-0.2, 0) is 4.79 Å². The van der Waals surface area contributed by atoms with Gasteiger partial charge in [-0.15, -0.1) is 0 Å². The van der Waals surface area contributed by atoms with E-state index >= 15 is 0 Å². The first-order valence-electron chi connectivity index (χ1n) is 8.65. The Bertz CT molecular complexity index is 1050. The molecule has 1 amide bonds. The summed E-state index contributed by atoms with van der Waals surface area (Å²) in [7, 11) is 0. The molecule has 4 rings (SSSR count). The van der Waals surface area contributed by atoms with E-state index in [1.165, 1.54) is 12.7 Å². The minimum absolute atomic E-state index is 0.0921. The van der Waals surface area contributed by atoms with Gasteiger partial charge in [-0.05, 0) is 12.8 Å². The largest absolute Gasteiger partial charge is 0.356 e. The normalized spacial score (nSPS) is 14.8. The Labute approximate surface area is 157 Å². The molecule has 0 bridgehead atoms. The van der Waals surface area contributed by atoms with Crippen molar-refractivity contribution in [2.45, 2.75) is 12.8 Å². The number of amides is 1. The fourth-order valence-corrected chi connectivity index (χ4v) is 3.10. The summed E-state index contributed by atoms with van der Waals surface area (Å²) < 4.78 is 1.55. The molecule has 3 N–H and O–H groups in total. The van der Waals surface area contributed by atoms with Gasteiger partial charge in [-0.2, -0.15) is 5.10 Å². The highest BCUT2D eigenvalue weighted by molar-refractivity contribution is 5.91. The van der Waals surface area contributed by atoms with Crippen molar-refractivity contribution < 1.29 is 4.79 Å². The average Bonchev–Trinajstić information content (AvgIpc) is 3.22. The van der Waals surface area contributed by atoms with Gasteiger partial charge in [-0.3, -0.25) is 19.6 Å². The first-order valence-corrected chi connectivity index (χ1v) is 8.65. The van der Waals surface area contributed by atoms with Gasteiger partial charge in [0.25, 0.3) is 5.56 Å². The van der Waals surface area contributed by atoms with Crippen molar-refractivity contribution in [1.29, 1.82) is 0 Å². The standard InChI is InChI=1S/C16H17N9O3/c26-14-5-11(22-16(28)23-14)21-15(27)10-1-3-24(4-2-10)12-6-13(19-8-18-12)25-9-17-7-20-25/h5-10H,1-4H2,(H3,21,22,23,26,27,28). The lowest BCUT2D eigenvalue weighted by atomic mass is 9.96. The molecule has 12 heteroatoms. The van der Waals surface area contributed by atoms with Crippen molar-refractivity contribution in [3.05, 3.63) is 52.0 Å². The summed E-state index contributed by atoms with van der Waals surface area (Å²) in [6.45, 7) is 1.27. The number of piperidine rings is 1. The number of H-pyrrole nitrogens is 2. The third kappa shape index (κ3) is 3.79. The van der Waals surface area contributed by atoms with E-state index in [0.29, 0.717) is 31.7 Å². The Hall–Kier alpha value is -3.83. The molecule has 1 fully saturated rings. The Kier molecular flexibility index (Phi) is 4.66. The maximum atomic E-state index is 12.4. The smallest absolute Gasteiger partial charge is 0.327 e. The second-order valence-corrected chi connectivity index (χ2v) is 6.33. The van der Waals surface area contributed by atoms with Crippen LogP contribution in [0.5, 0.6) is 0 Å². The molecule has 0 aromatic carbocycles. The van der Waals surface area contributed by atoms with Crippen LogP contribution in [0.25, 0.3) is 5.82 Å². The predicted molar refractivity (Wildman–Crippen MR) is 98.2 cm³/mol. The van der Waals surface area contributed by atoms with E-state index in [1.54, 1.807) is 11.0 Å². The van der Waals surface area contributed by atoms with E-state index in [0.717, 1.165) is 11.9 Å². The quantitative estimate of drug-likeness (QED) is 0.534. The maximum absolute atomic E-state index is 12.4. The summed E-state index contributed by atoms with van der Waals surface area (Å²) in [6, 6.07) is 2.96. The highest BCUT2D eigenvalue weighted by Gasteiger charge is 2.26. The number of rotatable bonds is 4. The highest BCUT2D eigenvalue weighted by Crippen LogP contribution is 2.23. The number of carbonyl (C=O) groups excluding carboxylic acids is 1. The summed E-state index contributed by atoms with van der Waals surface area (Å²) in [5.41, 5.74) is -1.23. The number of aromatic amines is 2. The summed E-state index contributed by atoms with van der Waals surface area (Å²) in [4.78, 5) is 54.0. The van der Waals surface area contributed by atoms with Crippen LogP contribution in [0, 0.1) is 5.92 Å². The Morgan fingerprint density at radius 2 is 1.86 bits per heavy atom. The molecule has 3 aromatic heterocycles. The van der Waals surface area contributed by atoms with E-state index in [2.05, 4.69) is 40.2 Å². The number of nitrogens with one attached hydrogen (secondary N) is 3. The topological polar surface area (TPSA) is 155 Å². The van der Waals surface area contributed by atoms with Crippen LogP contribution in [0.4, 0.5) is 11.6 Å². The van der Waals surface area contributed by atoms with Gasteiger partial charge in [0.1, 0.15) is 30.6 Å². The summed E-state index contributed by atoms with van der Waals surface area (Å²) in [6.07, 6.45) is 5.68. The lowest BCUT2D eigenvalue weighted by Crippen LogP contribution is -2.39. The molecule has 0 spiro atoms. The first kappa shape index (κ1) is 17.6. The second kappa shape index (κ2) is 7.42. The van der Waals surface area contributed by atoms with E-state index in [4.69, 9.17) is 0 Å². The van der Waals surface area contributed by atoms with Crippen LogP contribution < -0.4 is 21.5 Å². The van der Waals surface area contributed by atoms with Crippen LogP contribution in [0.1, 0.15) is 12.8 Å². The molecule has 1 aliphatic heterocycles. The van der Waals surface area contributed by atoms with E-state index in [-0.39, 0.29) is 17.6 Å². The predicted octanol–water partition coefficient (Wildman–Crippen LogP) is -0.711. The number of anilines is 2. The third-order valence-electron chi connectivity index (χ3n) is 4.50. The van der Waals surface area contributed by atoms with E-state index < -0.39 is 11.2 Å². The zero-order valence-corrected chi connectivity index (χ0v) is 14.7. The first-order chi connectivity index (χ1) is 13.6. The van der Waals surface area contributed by atoms with E-state index in [9.17, 15) is 14.4 Å². The number of nitrogens with zero attached hydrogens (tertiary/aromatic N) is 6. The van der Waals surface area contributed by atoms with E-state index in [1.807, 2.05) is 6.07 Å². The molecular weight excluding hydrogens is 366 g/mol. The summed E-state index contributed by atoms with van der Waals surface area (Å²) >= 11 is 0. The molecule has 0 radical (unpaired) electrons. The van der Waals surface area contributed by atoms with Crippen molar-refractivity contribution >= 4 is 17.5 Å². The maximum Gasteiger partial charge on any atom is 0.327 e. The lowest BCUT2D eigenvalue weighted by molar-refractivity contribution is -0.120. The fourth-order valence-electron chi connectivity index (χ4n) is 3.10. The molecule has 1 saturated heterocycles. The number of carbonyl (C=O) groups is 1. The summed E-state index contributed by atoms with van der Waals surface area (Å²) in [5, 5.41) is 6.65. The minimum atomic E-state index is -0.662. The second-order valence-electron chi connectivity index (χ2n) is 6.33. The average molecular weight is 383 g/mol. The molecule has 0 aliphatic carbocycles. The molecule has 144 valence electrons. The van der Waals surface area contributed by atoms with Gasteiger partial charge in [-0.25, -0.2) is 24.4 Å². The van der Waals surface area contributed by atoms with Gasteiger partial charge < -0.3 is 10.2 Å². The van der Waals surface area contributed by atoms with Crippen LogP contribution in [0.3, 0.4) is 0 Å². The SMILES string of the molecule is O=C(Nc1cc(=O)[nH]c(=O)[nH]1)C1CCN(c2cc(-n3cncn3)ncn2)CC1. The summed E-state index contributed by atoms with van der Waals surface area (Å²) in [5.74, 6) is 0.996. The molecule has 0 atom stereocenters. The van der Waals surface area contributed by atoms with Crippen LogP contribution in [-0.4, -0.2) is 53.7 Å². The van der Waals surface area contributed by atoms with Crippen LogP contribution >= 0.6 is 0 Å². The molecule has 0 saturated carbocycles. The number of hydrogen-bond acceptors (Lipinski definition) is 8. The Morgan fingerprint density at radius 3 is 2.57 bits per heavy atom. The van der Waals surface area contributed by atoms with Crippen LogP contribution in [0.2, 0.25) is 0 Å². The zero-order chi connectivity index (χ0) is 19.5. The Balaban J connectivity index is 1.39. The van der Waals surface area contributed by atoms with Gasteiger partial charge in [0.15, 0.2) is 5.82 Å². The van der Waals surface area contributed by atoms with Crippen molar-refractivity contribution in [3.8, 4) is 5.82 Å². The number of hydrogen-bond donors (Lipinski definition) is 3. The Morgan fingerprint density at radius 1 is 1.07 bits per heavy atom.